The zero-order chi connectivity index (χ0) is 9.14. The third kappa shape index (κ3) is 1.93. The van der Waals surface area contributed by atoms with Crippen molar-refractivity contribution in [2.24, 2.45) is 0 Å². The molecule has 1 aromatic carbocycles. The molecule has 0 radical (unpaired) electrons. The van der Waals surface area contributed by atoms with Gasteiger partial charge in [-0.25, -0.2) is 0 Å². The molecule has 66 valence electrons. The highest BCUT2D eigenvalue weighted by Crippen LogP contribution is 2.27. The summed E-state index contributed by atoms with van der Waals surface area (Å²) in [6.45, 7) is 2.02. The summed E-state index contributed by atoms with van der Waals surface area (Å²) in [4.78, 5) is 0. The first kappa shape index (κ1) is 9.87. The zero-order valence-corrected chi connectivity index (χ0v) is 9.37. The van der Waals surface area contributed by atoms with Crippen LogP contribution < -0.4 is 4.74 Å². The van der Waals surface area contributed by atoms with Crippen molar-refractivity contribution in [2.75, 3.05) is 7.11 Å². The summed E-state index contributed by atoms with van der Waals surface area (Å²) in [6, 6.07) is 3.96. The van der Waals surface area contributed by atoms with Crippen molar-refractivity contribution in [1.82, 2.24) is 0 Å². The predicted molar refractivity (Wildman–Crippen MR) is 55.0 cm³/mol. The number of halogens is 2. The maximum Gasteiger partial charge on any atom is 0.123 e. The minimum atomic E-state index is 0.474. The monoisotopic (exact) mass is 248 g/mol. The van der Waals surface area contributed by atoms with Crippen LogP contribution >= 0.6 is 27.5 Å². The van der Waals surface area contributed by atoms with E-state index in [0.29, 0.717) is 5.88 Å². The summed E-state index contributed by atoms with van der Waals surface area (Å²) in [6.07, 6.45) is 0. The topological polar surface area (TPSA) is 9.23 Å². The van der Waals surface area contributed by atoms with E-state index >= 15 is 0 Å². The molecule has 3 heteroatoms. The maximum absolute atomic E-state index is 5.73. The fourth-order valence-electron chi connectivity index (χ4n) is 0.991. The third-order valence-electron chi connectivity index (χ3n) is 1.71. The maximum atomic E-state index is 5.73. The molecule has 0 bridgehead atoms. The molecule has 0 fully saturated rings. The van der Waals surface area contributed by atoms with Gasteiger partial charge in [0.2, 0.25) is 0 Å². The Hall–Kier alpha value is -0.210. The molecule has 0 aliphatic carbocycles. The number of methoxy groups -OCH3 is 1. The predicted octanol–water partition coefficient (Wildman–Crippen LogP) is 3.50. The van der Waals surface area contributed by atoms with Crippen LogP contribution in [-0.2, 0) is 5.88 Å². The lowest BCUT2D eigenvalue weighted by molar-refractivity contribution is 0.411. The molecule has 0 spiro atoms. The van der Waals surface area contributed by atoms with E-state index in [0.717, 1.165) is 21.3 Å². The van der Waals surface area contributed by atoms with E-state index in [1.165, 1.54) is 0 Å². The zero-order valence-electron chi connectivity index (χ0n) is 7.03. The van der Waals surface area contributed by atoms with Crippen molar-refractivity contribution in [3.8, 4) is 5.75 Å². The molecule has 0 unspecified atom stereocenters. The molecule has 12 heavy (non-hydrogen) atoms. The second kappa shape index (κ2) is 4.15. The fraction of sp³-hybridized carbons (Fsp3) is 0.333. The molecule has 1 aromatic rings. The minimum absolute atomic E-state index is 0.474. The van der Waals surface area contributed by atoms with Gasteiger partial charge in [-0.3, -0.25) is 0 Å². The van der Waals surface area contributed by atoms with Gasteiger partial charge in [0.1, 0.15) is 5.75 Å². The van der Waals surface area contributed by atoms with E-state index in [4.69, 9.17) is 16.3 Å². The van der Waals surface area contributed by atoms with Crippen LogP contribution in [0.1, 0.15) is 11.1 Å². The SMILES string of the molecule is COc1cc(C)c(Br)cc1CCl. The van der Waals surface area contributed by atoms with Crippen molar-refractivity contribution >= 4 is 27.5 Å². The Labute approximate surface area is 85.8 Å². The molecule has 0 heterocycles. The molecular weight excluding hydrogens is 239 g/mol. The summed E-state index contributed by atoms with van der Waals surface area (Å²) in [5, 5.41) is 0. The number of hydrogen-bond donors (Lipinski definition) is 0. The van der Waals surface area contributed by atoms with E-state index in [9.17, 15) is 0 Å². The first-order chi connectivity index (χ1) is 5.69. The average Bonchev–Trinajstić information content (AvgIpc) is 2.09. The van der Waals surface area contributed by atoms with Gasteiger partial charge in [0.05, 0.1) is 13.0 Å². The Morgan fingerprint density at radius 2 is 2.17 bits per heavy atom. The van der Waals surface area contributed by atoms with Crippen LogP contribution in [0.25, 0.3) is 0 Å². The van der Waals surface area contributed by atoms with Gasteiger partial charge in [0.15, 0.2) is 0 Å². The first-order valence-corrected chi connectivity index (χ1v) is 4.90. The van der Waals surface area contributed by atoms with Gasteiger partial charge in [0, 0.05) is 10.0 Å². The molecule has 0 saturated heterocycles. The van der Waals surface area contributed by atoms with Crippen LogP contribution in [0, 0.1) is 6.92 Å². The largest absolute Gasteiger partial charge is 0.496 e. The van der Waals surface area contributed by atoms with Crippen LogP contribution in [0.3, 0.4) is 0 Å². The van der Waals surface area contributed by atoms with E-state index in [1.54, 1.807) is 7.11 Å². The van der Waals surface area contributed by atoms with Gasteiger partial charge in [-0.05, 0) is 24.6 Å². The van der Waals surface area contributed by atoms with E-state index in [-0.39, 0.29) is 0 Å². The van der Waals surface area contributed by atoms with Crippen LogP contribution in [0.4, 0.5) is 0 Å². The van der Waals surface area contributed by atoms with Crippen LogP contribution in [0.2, 0.25) is 0 Å². The first-order valence-electron chi connectivity index (χ1n) is 3.58. The standard InChI is InChI=1S/C9H10BrClO/c1-6-3-9(12-2)7(5-11)4-8(6)10/h3-4H,5H2,1-2H3. The number of rotatable bonds is 2. The van der Waals surface area contributed by atoms with Crippen molar-refractivity contribution in [3.63, 3.8) is 0 Å². The summed E-state index contributed by atoms with van der Waals surface area (Å²) in [5.41, 5.74) is 2.16. The van der Waals surface area contributed by atoms with Crippen molar-refractivity contribution in [3.05, 3.63) is 27.7 Å². The normalized spacial score (nSPS) is 10.0. The number of benzene rings is 1. The lowest BCUT2D eigenvalue weighted by Crippen LogP contribution is -1.91. The van der Waals surface area contributed by atoms with Gasteiger partial charge in [-0.1, -0.05) is 15.9 Å². The molecule has 1 rings (SSSR count). The molecule has 1 nitrogen and oxygen atoms in total. The van der Waals surface area contributed by atoms with E-state index in [2.05, 4.69) is 15.9 Å². The Kier molecular flexibility index (Phi) is 3.41. The average molecular weight is 250 g/mol. The number of hydrogen-bond acceptors (Lipinski definition) is 1. The minimum Gasteiger partial charge on any atom is -0.496 e. The molecule has 0 atom stereocenters. The van der Waals surface area contributed by atoms with E-state index in [1.807, 2.05) is 19.1 Å². The van der Waals surface area contributed by atoms with Crippen LogP contribution in [-0.4, -0.2) is 7.11 Å². The number of alkyl halides is 1. The highest BCUT2D eigenvalue weighted by molar-refractivity contribution is 9.10. The molecular formula is C9H10BrClO. The molecule has 0 aliphatic heterocycles. The van der Waals surface area contributed by atoms with E-state index < -0.39 is 0 Å². The van der Waals surface area contributed by atoms with Gasteiger partial charge >= 0.3 is 0 Å². The molecule has 0 N–H and O–H groups in total. The van der Waals surface area contributed by atoms with Gasteiger partial charge in [-0.2, -0.15) is 0 Å². The second-order valence-electron chi connectivity index (χ2n) is 2.55. The van der Waals surface area contributed by atoms with Crippen molar-refractivity contribution < 1.29 is 4.74 Å². The highest BCUT2D eigenvalue weighted by atomic mass is 79.9. The smallest absolute Gasteiger partial charge is 0.123 e. The quantitative estimate of drug-likeness (QED) is 0.729. The number of aryl methyl sites for hydroxylation is 1. The molecule has 0 aromatic heterocycles. The summed E-state index contributed by atoms with van der Waals surface area (Å²) < 4.78 is 6.24. The molecule has 0 amide bonds. The third-order valence-corrected chi connectivity index (χ3v) is 2.85. The fourth-order valence-corrected chi connectivity index (χ4v) is 1.59. The molecule has 0 saturated carbocycles. The molecule has 0 aliphatic rings. The summed E-state index contributed by atoms with van der Waals surface area (Å²) >= 11 is 9.17. The summed E-state index contributed by atoms with van der Waals surface area (Å²) in [7, 11) is 1.65. The Morgan fingerprint density at radius 3 is 2.67 bits per heavy atom. The van der Waals surface area contributed by atoms with Gasteiger partial charge in [0.25, 0.3) is 0 Å². The van der Waals surface area contributed by atoms with Gasteiger partial charge in [-0.15, -0.1) is 11.6 Å². The lowest BCUT2D eigenvalue weighted by Gasteiger charge is -2.08. The Balaban J connectivity index is 3.19. The van der Waals surface area contributed by atoms with Crippen molar-refractivity contribution in [1.29, 1.82) is 0 Å². The van der Waals surface area contributed by atoms with Crippen LogP contribution in [0.15, 0.2) is 16.6 Å². The Bertz CT molecular complexity index is 257. The lowest BCUT2D eigenvalue weighted by atomic mass is 10.1. The van der Waals surface area contributed by atoms with Crippen molar-refractivity contribution in [2.45, 2.75) is 12.8 Å². The van der Waals surface area contributed by atoms with Gasteiger partial charge < -0.3 is 4.74 Å². The highest BCUT2D eigenvalue weighted by Gasteiger charge is 2.04. The summed E-state index contributed by atoms with van der Waals surface area (Å²) in [5.74, 6) is 1.33. The Morgan fingerprint density at radius 1 is 1.50 bits per heavy atom. The second-order valence-corrected chi connectivity index (χ2v) is 3.67. The van der Waals surface area contributed by atoms with Crippen LogP contribution in [0.5, 0.6) is 5.75 Å². The number of ether oxygens (including phenoxy) is 1.